The number of benzene rings is 2. The first-order valence-corrected chi connectivity index (χ1v) is 10.9. The summed E-state index contributed by atoms with van der Waals surface area (Å²) in [5, 5.41) is 2.85. The third-order valence-electron chi connectivity index (χ3n) is 5.89. The minimum absolute atomic E-state index is 0.0156. The van der Waals surface area contributed by atoms with Crippen LogP contribution in [0.15, 0.2) is 49.1 Å². The maximum atomic E-state index is 14.7. The third-order valence-corrected chi connectivity index (χ3v) is 5.89. The van der Waals surface area contributed by atoms with Crippen LogP contribution in [-0.4, -0.2) is 33.2 Å². The number of imidazole rings is 1. The van der Waals surface area contributed by atoms with Crippen LogP contribution in [0, 0.1) is 24.4 Å². The largest absolute Gasteiger partial charge is 0.486 e. The quantitative estimate of drug-likeness (QED) is 0.347. The van der Waals surface area contributed by atoms with Gasteiger partial charge in [-0.3, -0.25) is 0 Å². The summed E-state index contributed by atoms with van der Waals surface area (Å²) in [4.78, 5) is 13.8. The van der Waals surface area contributed by atoms with Gasteiger partial charge in [-0.2, -0.15) is 18.2 Å². The van der Waals surface area contributed by atoms with E-state index in [0.717, 1.165) is 5.69 Å². The van der Waals surface area contributed by atoms with Crippen molar-refractivity contribution in [2.75, 3.05) is 23.9 Å². The smallest absolute Gasteiger partial charge is 0.416 e. The number of aromatic nitrogens is 4. The van der Waals surface area contributed by atoms with Crippen LogP contribution in [-0.2, 0) is 6.18 Å². The molecule has 5 rings (SSSR count). The van der Waals surface area contributed by atoms with Crippen LogP contribution in [0.1, 0.15) is 22.9 Å². The normalized spacial score (nSPS) is 15.4. The van der Waals surface area contributed by atoms with E-state index >= 15 is 0 Å². The van der Waals surface area contributed by atoms with Crippen molar-refractivity contribution in [2.45, 2.75) is 19.1 Å². The molecule has 0 bridgehead atoms. The molecule has 192 valence electrons. The van der Waals surface area contributed by atoms with E-state index in [9.17, 15) is 26.3 Å². The maximum Gasteiger partial charge on any atom is 0.416 e. The summed E-state index contributed by atoms with van der Waals surface area (Å²) >= 11 is 0. The molecule has 7 nitrogen and oxygen atoms in total. The van der Waals surface area contributed by atoms with Crippen LogP contribution in [0.2, 0.25) is 0 Å². The average Bonchev–Trinajstić information content (AvgIpc) is 3.26. The lowest BCUT2D eigenvalue weighted by Gasteiger charge is -2.36. The Balaban J connectivity index is 1.44. The SMILES string of the molecule is Cc1cn(-c2ccc(Nc3ncc4c(n3)N(C)C(c3cc(F)c(F)cc3C(F)(F)F)CO4)cc2F)cn1. The van der Waals surface area contributed by atoms with Crippen molar-refractivity contribution in [3.63, 3.8) is 0 Å². The molecule has 1 unspecified atom stereocenters. The highest BCUT2D eigenvalue weighted by Crippen LogP contribution is 2.42. The number of halogens is 6. The molecule has 1 N–H and O–H groups in total. The molecule has 1 aliphatic rings. The lowest BCUT2D eigenvalue weighted by molar-refractivity contribution is -0.138. The van der Waals surface area contributed by atoms with Gasteiger partial charge in [0.15, 0.2) is 23.2 Å². The summed E-state index contributed by atoms with van der Waals surface area (Å²) < 4.78 is 90.1. The van der Waals surface area contributed by atoms with E-state index in [1.54, 1.807) is 19.2 Å². The second-order valence-corrected chi connectivity index (χ2v) is 8.38. The molecule has 1 aliphatic heterocycles. The summed E-state index contributed by atoms with van der Waals surface area (Å²) in [7, 11) is 1.45. The number of fused-ring (bicyclic) bond motifs is 1. The van der Waals surface area contributed by atoms with Crippen molar-refractivity contribution in [3.05, 3.63) is 83.3 Å². The van der Waals surface area contributed by atoms with Crippen molar-refractivity contribution < 1.29 is 31.1 Å². The first kappa shape index (κ1) is 24.4. The Morgan fingerprint density at radius 1 is 1.03 bits per heavy atom. The van der Waals surface area contributed by atoms with Gasteiger partial charge in [0.05, 0.1) is 35.5 Å². The van der Waals surface area contributed by atoms with Gasteiger partial charge in [0.2, 0.25) is 5.95 Å². The molecule has 4 aromatic rings. The first-order chi connectivity index (χ1) is 17.5. The predicted octanol–water partition coefficient (Wildman–Crippen LogP) is 5.72. The number of ether oxygens (including phenoxy) is 1. The number of hydrogen-bond acceptors (Lipinski definition) is 6. The molecule has 0 amide bonds. The Kier molecular flexibility index (Phi) is 5.92. The highest BCUT2D eigenvalue weighted by Gasteiger charge is 2.39. The summed E-state index contributed by atoms with van der Waals surface area (Å²) in [5.41, 5.74) is -0.500. The standard InChI is InChI=1S/C24H18F6N6O/c1-12-9-36(11-32-12)19-4-3-13(5-18(19)27)33-23-31-8-21-22(34-23)35(2)20(10-37-21)14-6-16(25)17(26)7-15(14)24(28,29)30/h3-9,11,20H,10H2,1-2H3,(H,31,33,34). The predicted molar refractivity (Wildman–Crippen MR) is 122 cm³/mol. The summed E-state index contributed by atoms with van der Waals surface area (Å²) in [6, 6.07) is 3.87. The van der Waals surface area contributed by atoms with Crippen LogP contribution in [0.4, 0.5) is 43.8 Å². The van der Waals surface area contributed by atoms with Gasteiger partial charge >= 0.3 is 6.18 Å². The molecular weight excluding hydrogens is 502 g/mol. The van der Waals surface area contributed by atoms with Crippen molar-refractivity contribution >= 4 is 17.5 Å². The van der Waals surface area contributed by atoms with Crippen LogP contribution < -0.4 is 15.0 Å². The monoisotopic (exact) mass is 520 g/mol. The first-order valence-electron chi connectivity index (χ1n) is 10.9. The molecule has 0 saturated carbocycles. The molecule has 2 aromatic carbocycles. The fourth-order valence-corrected chi connectivity index (χ4v) is 4.06. The molecule has 0 saturated heterocycles. The van der Waals surface area contributed by atoms with Gasteiger partial charge in [0, 0.05) is 18.9 Å². The number of likely N-dealkylation sites (N-methyl/N-ethyl adjacent to an activating group) is 1. The Labute approximate surface area is 206 Å². The molecule has 0 fully saturated rings. The van der Waals surface area contributed by atoms with Gasteiger partial charge in [-0.15, -0.1) is 0 Å². The fourth-order valence-electron chi connectivity index (χ4n) is 4.06. The van der Waals surface area contributed by atoms with Gasteiger partial charge < -0.3 is 19.5 Å². The molecule has 37 heavy (non-hydrogen) atoms. The Morgan fingerprint density at radius 3 is 2.46 bits per heavy atom. The Morgan fingerprint density at radius 2 is 1.78 bits per heavy atom. The van der Waals surface area contributed by atoms with E-state index in [1.807, 2.05) is 0 Å². The lowest BCUT2D eigenvalue weighted by Crippen LogP contribution is -2.36. The molecule has 1 atom stereocenters. The zero-order chi connectivity index (χ0) is 26.5. The molecule has 3 heterocycles. The highest BCUT2D eigenvalue weighted by atomic mass is 19.4. The number of aryl methyl sites for hydroxylation is 1. The number of hydrogen-bond donors (Lipinski definition) is 1. The molecular formula is C24H18F6N6O. The van der Waals surface area contributed by atoms with Gasteiger partial charge in [0.25, 0.3) is 0 Å². The molecule has 0 spiro atoms. The van der Waals surface area contributed by atoms with Gasteiger partial charge in [0.1, 0.15) is 12.4 Å². The minimum Gasteiger partial charge on any atom is -0.486 e. The van der Waals surface area contributed by atoms with Crippen LogP contribution in [0.25, 0.3) is 5.69 Å². The number of nitrogens with one attached hydrogen (secondary N) is 1. The molecule has 2 aromatic heterocycles. The van der Waals surface area contributed by atoms with Crippen LogP contribution in [0.5, 0.6) is 5.75 Å². The van der Waals surface area contributed by atoms with E-state index in [2.05, 4.69) is 20.3 Å². The van der Waals surface area contributed by atoms with E-state index in [-0.39, 0.29) is 35.9 Å². The Bertz CT molecular complexity index is 1490. The Hall–Kier alpha value is -4.29. The number of alkyl halides is 3. The summed E-state index contributed by atoms with van der Waals surface area (Å²) in [5.74, 6) is -3.26. The van der Waals surface area contributed by atoms with Crippen molar-refractivity contribution in [1.29, 1.82) is 0 Å². The van der Waals surface area contributed by atoms with Gasteiger partial charge in [-0.05, 0) is 42.8 Å². The van der Waals surface area contributed by atoms with Gasteiger partial charge in [-0.25, -0.2) is 23.1 Å². The third kappa shape index (κ3) is 4.63. The average molecular weight is 520 g/mol. The van der Waals surface area contributed by atoms with Crippen molar-refractivity contribution in [3.8, 4) is 11.4 Å². The topological polar surface area (TPSA) is 68.1 Å². The number of nitrogens with zero attached hydrogens (tertiary/aromatic N) is 5. The molecule has 0 aliphatic carbocycles. The number of rotatable bonds is 4. The lowest BCUT2D eigenvalue weighted by atomic mass is 9.98. The second kappa shape index (κ2) is 8.98. The van der Waals surface area contributed by atoms with E-state index in [4.69, 9.17) is 4.74 Å². The van der Waals surface area contributed by atoms with E-state index < -0.39 is 40.8 Å². The van der Waals surface area contributed by atoms with E-state index in [1.165, 1.54) is 41.2 Å². The highest BCUT2D eigenvalue weighted by molar-refractivity contribution is 5.62. The summed E-state index contributed by atoms with van der Waals surface area (Å²) in [6.45, 7) is 1.49. The van der Waals surface area contributed by atoms with Crippen molar-refractivity contribution in [1.82, 2.24) is 19.5 Å². The number of anilines is 3. The van der Waals surface area contributed by atoms with Gasteiger partial charge in [-0.1, -0.05) is 0 Å². The minimum atomic E-state index is -4.92. The summed E-state index contributed by atoms with van der Waals surface area (Å²) in [6.07, 6.45) is -0.459. The fraction of sp³-hybridized carbons (Fsp3) is 0.208. The van der Waals surface area contributed by atoms with Crippen LogP contribution >= 0.6 is 0 Å². The van der Waals surface area contributed by atoms with Crippen molar-refractivity contribution in [2.24, 2.45) is 0 Å². The van der Waals surface area contributed by atoms with Crippen LogP contribution in [0.3, 0.4) is 0 Å². The second-order valence-electron chi connectivity index (χ2n) is 8.38. The maximum absolute atomic E-state index is 14.7. The molecule has 13 heteroatoms. The van der Waals surface area contributed by atoms with E-state index in [0.29, 0.717) is 11.8 Å². The zero-order valence-electron chi connectivity index (χ0n) is 19.3. The molecule has 0 radical (unpaired) electrons. The zero-order valence-corrected chi connectivity index (χ0v) is 19.3.